The van der Waals surface area contributed by atoms with Gasteiger partial charge in [0.2, 0.25) is 0 Å². The molecule has 0 spiro atoms. The Morgan fingerprint density at radius 3 is 2.16 bits per heavy atom. The first kappa shape index (κ1) is 15.3. The van der Waals surface area contributed by atoms with E-state index in [-0.39, 0.29) is 18.1 Å². The summed E-state index contributed by atoms with van der Waals surface area (Å²) in [5.74, 6) is -1.84. The van der Waals surface area contributed by atoms with Crippen LogP contribution in [0.5, 0.6) is 5.75 Å². The van der Waals surface area contributed by atoms with Crippen LogP contribution in [-0.2, 0) is 11.2 Å². The molecule has 0 heterocycles. The van der Waals surface area contributed by atoms with E-state index in [2.05, 4.69) is 4.74 Å². The number of benzene rings is 1. The summed E-state index contributed by atoms with van der Waals surface area (Å²) in [5, 5.41) is 9.04. The van der Waals surface area contributed by atoms with Crippen LogP contribution in [0, 0.1) is 11.8 Å². The molecule has 1 aromatic carbocycles. The molecule has 0 saturated carbocycles. The van der Waals surface area contributed by atoms with Crippen LogP contribution in [0.25, 0.3) is 0 Å². The van der Waals surface area contributed by atoms with Crippen LogP contribution in [0.1, 0.15) is 19.4 Å². The highest BCUT2D eigenvalue weighted by molar-refractivity contribution is 5.70. The van der Waals surface area contributed by atoms with Crippen molar-refractivity contribution in [1.82, 2.24) is 0 Å². The molecule has 0 fully saturated rings. The fraction of sp³-hybridized carbons (Fsp3) is 0.462. The van der Waals surface area contributed by atoms with Gasteiger partial charge in [0.1, 0.15) is 5.75 Å². The van der Waals surface area contributed by atoms with E-state index in [1.165, 1.54) is 24.3 Å². The second kappa shape index (κ2) is 5.95. The number of carboxylic acid groups (broad SMARTS) is 1. The minimum atomic E-state index is -4.72. The third-order valence-corrected chi connectivity index (χ3v) is 2.73. The van der Waals surface area contributed by atoms with Gasteiger partial charge in [-0.15, -0.1) is 13.2 Å². The van der Waals surface area contributed by atoms with Gasteiger partial charge in [-0.2, -0.15) is 0 Å². The van der Waals surface area contributed by atoms with Gasteiger partial charge >= 0.3 is 12.3 Å². The van der Waals surface area contributed by atoms with Crippen molar-refractivity contribution in [3.8, 4) is 5.75 Å². The van der Waals surface area contributed by atoms with Crippen molar-refractivity contribution in [1.29, 1.82) is 0 Å². The van der Waals surface area contributed by atoms with E-state index in [9.17, 15) is 18.0 Å². The molecule has 3 nitrogen and oxygen atoms in total. The Labute approximate surface area is 109 Å². The lowest BCUT2D eigenvalue weighted by Gasteiger charge is -2.16. The van der Waals surface area contributed by atoms with Crippen LogP contribution in [-0.4, -0.2) is 17.4 Å². The van der Waals surface area contributed by atoms with Crippen molar-refractivity contribution in [2.45, 2.75) is 26.6 Å². The van der Waals surface area contributed by atoms with Crippen molar-refractivity contribution in [2.75, 3.05) is 0 Å². The maximum absolute atomic E-state index is 12.0. The third-order valence-electron chi connectivity index (χ3n) is 2.73. The zero-order chi connectivity index (χ0) is 14.6. The fourth-order valence-corrected chi connectivity index (χ4v) is 1.69. The molecule has 1 N–H and O–H groups in total. The lowest BCUT2D eigenvalue weighted by atomic mass is 9.89. The molecule has 0 amide bonds. The van der Waals surface area contributed by atoms with Crippen molar-refractivity contribution in [3.63, 3.8) is 0 Å². The van der Waals surface area contributed by atoms with E-state index >= 15 is 0 Å². The van der Waals surface area contributed by atoms with Crippen LogP contribution in [0.15, 0.2) is 24.3 Å². The number of ether oxygens (including phenoxy) is 1. The molecule has 1 aromatic rings. The third kappa shape index (κ3) is 5.19. The highest BCUT2D eigenvalue weighted by atomic mass is 19.4. The topological polar surface area (TPSA) is 46.5 Å². The van der Waals surface area contributed by atoms with Crippen LogP contribution >= 0.6 is 0 Å². The molecule has 0 saturated heterocycles. The van der Waals surface area contributed by atoms with Gasteiger partial charge in [-0.1, -0.05) is 26.0 Å². The molecule has 106 valence electrons. The molecule has 1 atom stereocenters. The molecule has 0 aliphatic rings. The maximum atomic E-state index is 12.0. The van der Waals surface area contributed by atoms with Gasteiger partial charge in [-0.05, 0) is 30.0 Å². The van der Waals surface area contributed by atoms with E-state index in [0.717, 1.165) is 0 Å². The number of alkyl halides is 3. The van der Waals surface area contributed by atoms with Crippen LogP contribution in [0.3, 0.4) is 0 Å². The molecular formula is C13H15F3O3. The van der Waals surface area contributed by atoms with E-state index in [0.29, 0.717) is 5.56 Å². The van der Waals surface area contributed by atoms with Crippen LogP contribution in [0.4, 0.5) is 13.2 Å². The minimum absolute atomic E-state index is 0.0522. The highest BCUT2D eigenvalue weighted by Crippen LogP contribution is 2.24. The number of hydrogen-bond donors (Lipinski definition) is 1. The molecular weight excluding hydrogens is 261 g/mol. The van der Waals surface area contributed by atoms with Crippen molar-refractivity contribution < 1.29 is 27.8 Å². The summed E-state index contributed by atoms with van der Waals surface area (Å²) >= 11 is 0. The van der Waals surface area contributed by atoms with E-state index in [1.54, 1.807) is 13.8 Å². The predicted octanol–water partition coefficient (Wildman–Crippen LogP) is 3.48. The Morgan fingerprint density at radius 2 is 1.79 bits per heavy atom. The Bertz CT molecular complexity index is 424. The number of aliphatic carboxylic acids is 1. The molecule has 19 heavy (non-hydrogen) atoms. The van der Waals surface area contributed by atoms with Crippen molar-refractivity contribution in [2.24, 2.45) is 11.8 Å². The second-order valence-corrected chi connectivity index (χ2v) is 4.58. The summed E-state index contributed by atoms with van der Waals surface area (Å²) in [6, 6.07) is 5.25. The first-order valence-corrected chi connectivity index (χ1v) is 5.76. The van der Waals surface area contributed by atoms with Crippen molar-refractivity contribution >= 4 is 5.97 Å². The molecule has 1 rings (SSSR count). The summed E-state index contributed by atoms with van der Waals surface area (Å²) in [5.41, 5.74) is 0.663. The lowest BCUT2D eigenvalue weighted by molar-refractivity contribution is -0.274. The Balaban J connectivity index is 2.74. The first-order valence-electron chi connectivity index (χ1n) is 5.76. The zero-order valence-corrected chi connectivity index (χ0v) is 10.6. The number of carbonyl (C=O) groups is 1. The Morgan fingerprint density at radius 1 is 1.26 bits per heavy atom. The molecule has 0 bridgehead atoms. The van der Waals surface area contributed by atoms with Gasteiger partial charge in [-0.3, -0.25) is 4.79 Å². The summed E-state index contributed by atoms with van der Waals surface area (Å²) < 4.78 is 39.6. The summed E-state index contributed by atoms with van der Waals surface area (Å²) in [6.07, 6.45) is -4.44. The molecule has 0 aromatic heterocycles. The number of carboxylic acids is 1. The number of halogens is 3. The van der Waals surface area contributed by atoms with E-state index < -0.39 is 18.2 Å². The monoisotopic (exact) mass is 276 g/mol. The predicted molar refractivity (Wildman–Crippen MR) is 62.8 cm³/mol. The van der Waals surface area contributed by atoms with Gasteiger partial charge < -0.3 is 9.84 Å². The average Bonchev–Trinajstić information content (AvgIpc) is 2.25. The van der Waals surface area contributed by atoms with Gasteiger partial charge in [-0.25, -0.2) is 0 Å². The normalized spacial score (nSPS) is 13.4. The van der Waals surface area contributed by atoms with Crippen LogP contribution < -0.4 is 4.74 Å². The van der Waals surface area contributed by atoms with Crippen molar-refractivity contribution in [3.05, 3.63) is 29.8 Å². The SMILES string of the molecule is CC(C)C(Cc1ccc(OC(F)(F)F)cc1)C(=O)O. The largest absolute Gasteiger partial charge is 0.573 e. The second-order valence-electron chi connectivity index (χ2n) is 4.58. The highest BCUT2D eigenvalue weighted by Gasteiger charge is 2.31. The van der Waals surface area contributed by atoms with E-state index in [1.807, 2.05) is 0 Å². The fourth-order valence-electron chi connectivity index (χ4n) is 1.69. The smallest absolute Gasteiger partial charge is 0.481 e. The zero-order valence-electron chi connectivity index (χ0n) is 10.6. The standard InChI is InChI=1S/C13H15F3O3/c1-8(2)11(12(17)18)7-9-3-5-10(6-4-9)19-13(14,15)16/h3-6,8,11H,7H2,1-2H3,(H,17,18). The molecule has 0 aliphatic carbocycles. The molecule has 1 unspecified atom stereocenters. The maximum Gasteiger partial charge on any atom is 0.573 e. The van der Waals surface area contributed by atoms with Gasteiger partial charge in [0, 0.05) is 0 Å². The summed E-state index contributed by atoms with van der Waals surface area (Å²) in [6.45, 7) is 3.58. The summed E-state index contributed by atoms with van der Waals surface area (Å²) in [7, 11) is 0. The Kier molecular flexibility index (Phi) is 4.80. The van der Waals surface area contributed by atoms with Gasteiger partial charge in [0.05, 0.1) is 5.92 Å². The Hall–Kier alpha value is -1.72. The van der Waals surface area contributed by atoms with Gasteiger partial charge in [0.25, 0.3) is 0 Å². The summed E-state index contributed by atoms with van der Waals surface area (Å²) in [4.78, 5) is 11.0. The minimum Gasteiger partial charge on any atom is -0.481 e. The quantitative estimate of drug-likeness (QED) is 0.895. The molecule has 0 aliphatic heterocycles. The van der Waals surface area contributed by atoms with Crippen LogP contribution in [0.2, 0.25) is 0 Å². The van der Waals surface area contributed by atoms with Gasteiger partial charge in [0.15, 0.2) is 0 Å². The number of hydrogen-bond acceptors (Lipinski definition) is 2. The molecule has 6 heteroatoms. The lowest BCUT2D eigenvalue weighted by Crippen LogP contribution is -2.22. The number of rotatable bonds is 5. The van der Waals surface area contributed by atoms with E-state index in [4.69, 9.17) is 5.11 Å². The first-order chi connectivity index (χ1) is 8.69. The molecule has 0 radical (unpaired) electrons. The average molecular weight is 276 g/mol.